The van der Waals surface area contributed by atoms with Gasteiger partial charge in [0.15, 0.2) is 35.0 Å². The van der Waals surface area contributed by atoms with Crippen LogP contribution in [0.1, 0.15) is 56.9 Å². The largest absolute Gasteiger partial charge is 0.486 e. The summed E-state index contributed by atoms with van der Waals surface area (Å²) >= 11 is 0. The summed E-state index contributed by atoms with van der Waals surface area (Å²) in [5.41, 5.74) is 5.44. The topological polar surface area (TPSA) is 128 Å². The van der Waals surface area contributed by atoms with E-state index in [9.17, 15) is 19.8 Å². The van der Waals surface area contributed by atoms with E-state index in [1.165, 1.54) is 6.07 Å². The van der Waals surface area contributed by atoms with E-state index in [1.807, 2.05) is 19.1 Å². The van der Waals surface area contributed by atoms with Crippen LogP contribution in [0.3, 0.4) is 0 Å². The molecule has 2 aromatic rings. The van der Waals surface area contributed by atoms with E-state index in [1.54, 1.807) is 42.5 Å². The number of halogens is 1. The number of ether oxygens (including phenoxy) is 3. The lowest BCUT2D eigenvalue weighted by atomic mass is 9.46. The molecule has 2 unspecified atom stereocenters. The number of Topliss-reactive ketones (excluding diaryl/α,β-unsaturated/α-hetero) is 1. The van der Waals surface area contributed by atoms with Crippen LogP contribution >= 0.6 is 0 Å². The van der Waals surface area contributed by atoms with Crippen molar-refractivity contribution < 1.29 is 38.4 Å². The van der Waals surface area contributed by atoms with E-state index < -0.39 is 53.1 Å². The molecule has 1 saturated heterocycles. The molecule has 7 rings (SSSR count). The van der Waals surface area contributed by atoms with Crippen molar-refractivity contribution in [2.45, 2.75) is 70.2 Å². The van der Waals surface area contributed by atoms with Gasteiger partial charge in [-0.25, -0.2) is 4.39 Å². The van der Waals surface area contributed by atoms with E-state index in [0.717, 1.165) is 24.0 Å². The first-order chi connectivity index (χ1) is 21.0. The lowest BCUT2D eigenvalue weighted by Crippen LogP contribution is -2.63. The predicted molar refractivity (Wildman–Crippen MR) is 158 cm³/mol. The first-order valence-electron chi connectivity index (χ1n) is 15.4. The van der Waals surface area contributed by atoms with E-state index in [-0.39, 0.29) is 47.9 Å². The van der Waals surface area contributed by atoms with Crippen LogP contribution in [-0.2, 0) is 25.7 Å². The molecule has 3 saturated carbocycles. The molecule has 2 aromatic carbocycles. The number of benzene rings is 2. The van der Waals surface area contributed by atoms with Crippen molar-refractivity contribution in [2.75, 3.05) is 12.3 Å². The second-order valence-electron chi connectivity index (χ2n) is 13.5. The lowest BCUT2D eigenvalue weighted by molar-refractivity contribution is -0.201. The van der Waals surface area contributed by atoms with E-state index in [4.69, 9.17) is 19.9 Å². The number of ketones is 2. The highest BCUT2D eigenvalue weighted by Crippen LogP contribution is 2.70. The molecule has 0 aromatic heterocycles. The average molecular weight is 604 g/mol. The Morgan fingerprint density at radius 2 is 2.00 bits per heavy atom. The molecule has 4 fully saturated rings. The molecule has 1 aliphatic heterocycles. The molecule has 0 spiro atoms. The van der Waals surface area contributed by atoms with Crippen LogP contribution in [0.4, 0.5) is 10.1 Å². The summed E-state index contributed by atoms with van der Waals surface area (Å²) in [7, 11) is 0. The van der Waals surface area contributed by atoms with Crippen molar-refractivity contribution >= 4 is 17.3 Å². The van der Waals surface area contributed by atoms with Crippen LogP contribution in [0.5, 0.6) is 5.75 Å². The van der Waals surface area contributed by atoms with Crippen LogP contribution in [-0.4, -0.2) is 46.2 Å². The highest BCUT2D eigenvalue weighted by Gasteiger charge is 2.76. The Balaban J connectivity index is 1.19. The van der Waals surface area contributed by atoms with E-state index in [0.29, 0.717) is 12.1 Å². The van der Waals surface area contributed by atoms with E-state index >= 15 is 4.39 Å². The Morgan fingerprint density at radius 3 is 2.77 bits per heavy atom. The molecule has 44 heavy (non-hydrogen) atoms. The summed E-state index contributed by atoms with van der Waals surface area (Å²) < 4.78 is 34.7. The monoisotopic (exact) mass is 603 g/mol. The number of aliphatic hydroxyl groups is 2. The van der Waals surface area contributed by atoms with Gasteiger partial charge in [-0.1, -0.05) is 49.8 Å². The fourth-order valence-corrected chi connectivity index (χ4v) is 9.49. The highest BCUT2D eigenvalue weighted by atomic mass is 19.1. The Bertz CT molecular complexity index is 1590. The van der Waals surface area contributed by atoms with Gasteiger partial charge in [-0.15, -0.1) is 0 Å². The molecule has 0 amide bonds. The first kappa shape index (κ1) is 29.3. The van der Waals surface area contributed by atoms with Crippen molar-refractivity contribution in [3.63, 3.8) is 0 Å². The molecular weight excluding hydrogens is 565 g/mol. The molecule has 9 heteroatoms. The van der Waals surface area contributed by atoms with Crippen molar-refractivity contribution in [3.8, 4) is 5.75 Å². The van der Waals surface area contributed by atoms with Crippen LogP contribution in [0.25, 0.3) is 0 Å². The number of aliphatic hydroxyl groups excluding tert-OH is 2. The highest BCUT2D eigenvalue weighted by molar-refractivity contribution is 6.01. The number of carbonyl (C=O) groups excluding carboxylic acids is 2. The summed E-state index contributed by atoms with van der Waals surface area (Å²) in [6.45, 7) is 3.38. The number of allylic oxidation sites excluding steroid dienone is 4. The summed E-state index contributed by atoms with van der Waals surface area (Å²) in [4.78, 5) is 25.9. The van der Waals surface area contributed by atoms with Crippen LogP contribution in [0, 0.1) is 34.4 Å². The Kier molecular flexibility index (Phi) is 6.90. The number of anilines is 1. The standard InChI is InChI=1S/C35H38FNO7/c1-33-12-11-22(39)14-20(33)9-10-23-25-15-29-35(28(41)17-38,34(25,2)16-26(40)30(23)33)44-32(43-29)24-7-4-8-27(31(24)36)42-18-19-5-3-6-21(37)13-19/h3-8,11-14,23,25-26,29-30,32,38,40H,9-10,15-18,37H2,1-2H3/t23-,25?,26-,29+,30?,32-,33-,34-,35+/m0/s1. The van der Waals surface area contributed by atoms with Crippen LogP contribution in [0.2, 0.25) is 0 Å². The fraction of sp³-hybridized carbons (Fsp3) is 0.486. The number of hydrogen-bond acceptors (Lipinski definition) is 8. The third-order valence-corrected chi connectivity index (χ3v) is 11.4. The summed E-state index contributed by atoms with van der Waals surface area (Å²) in [5, 5.41) is 22.0. The minimum Gasteiger partial charge on any atom is -0.486 e. The van der Waals surface area contributed by atoms with Gasteiger partial charge in [0.25, 0.3) is 0 Å². The zero-order valence-corrected chi connectivity index (χ0v) is 24.9. The van der Waals surface area contributed by atoms with Crippen molar-refractivity contribution in [2.24, 2.45) is 28.6 Å². The fourth-order valence-electron chi connectivity index (χ4n) is 9.49. The average Bonchev–Trinajstić information content (AvgIpc) is 3.49. The molecule has 232 valence electrons. The normalized spacial score (nSPS) is 38.8. The van der Waals surface area contributed by atoms with Crippen molar-refractivity contribution in [1.29, 1.82) is 0 Å². The smallest absolute Gasteiger partial charge is 0.193 e. The maximum absolute atomic E-state index is 15.9. The molecule has 8 nitrogen and oxygen atoms in total. The van der Waals surface area contributed by atoms with Crippen molar-refractivity contribution in [3.05, 3.63) is 83.2 Å². The van der Waals surface area contributed by atoms with Gasteiger partial charge in [-0.05, 0) is 73.4 Å². The quantitative estimate of drug-likeness (QED) is 0.409. The molecule has 1 heterocycles. The Labute approximate surface area is 255 Å². The van der Waals surface area contributed by atoms with E-state index in [2.05, 4.69) is 6.92 Å². The number of fused-ring (bicyclic) bond motifs is 7. The molecule has 9 atom stereocenters. The predicted octanol–water partition coefficient (Wildman–Crippen LogP) is 4.59. The first-order valence-corrected chi connectivity index (χ1v) is 15.4. The Hall–Kier alpha value is -3.37. The number of rotatable bonds is 6. The summed E-state index contributed by atoms with van der Waals surface area (Å²) in [6.07, 6.45) is 4.68. The minimum absolute atomic E-state index is 0.00932. The number of carbonyl (C=O) groups is 2. The van der Waals surface area contributed by atoms with Crippen LogP contribution < -0.4 is 10.5 Å². The second kappa shape index (κ2) is 10.3. The SMILES string of the molecule is C[C@]12C=CC(=O)C=C1CC[C@@H]1C2[C@@H](O)C[C@@]2(C)C1C[C@H]1O[C@H](c3cccc(OCc4cccc(N)c4)c3F)O[C@]12C(=O)CO. The Morgan fingerprint density at radius 1 is 1.20 bits per heavy atom. The zero-order valence-electron chi connectivity index (χ0n) is 24.9. The number of nitrogen functional groups attached to an aromatic ring is 1. The third kappa shape index (κ3) is 4.09. The molecule has 0 bridgehead atoms. The van der Waals surface area contributed by atoms with Gasteiger partial charge < -0.3 is 30.2 Å². The lowest BCUT2D eigenvalue weighted by Gasteiger charge is -2.59. The molecule has 4 aliphatic carbocycles. The number of hydrogen-bond donors (Lipinski definition) is 3. The van der Waals surface area contributed by atoms with Gasteiger partial charge in [0.1, 0.15) is 13.2 Å². The maximum Gasteiger partial charge on any atom is 0.193 e. The van der Waals surface area contributed by atoms with Gasteiger partial charge >= 0.3 is 0 Å². The van der Waals surface area contributed by atoms with Gasteiger partial charge in [0, 0.05) is 28.0 Å². The maximum atomic E-state index is 15.9. The molecule has 0 radical (unpaired) electrons. The second-order valence-corrected chi connectivity index (χ2v) is 13.5. The zero-order chi connectivity index (χ0) is 31.0. The van der Waals surface area contributed by atoms with Crippen LogP contribution in [0.15, 0.2) is 66.3 Å². The van der Waals surface area contributed by atoms with Crippen molar-refractivity contribution in [1.82, 2.24) is 0 Å². The summed E-state index contributed by atoms with van der Waals surface area (Å²) in [5.74, 6) is -1.38. The van der Waals surface area contributed by atoms with Gasteiger partial charge in [-0.2, -0.15) is 0 Å². The minimum atomic E-state index is -1.57. The summed E-state index contributed by atoms with van der Waals surface area (Å²) in [6, 6.07) is 11.9. The molecular formula is C35H38FNO7. The molecule has 5 aliphatic rings. The van der Waals surface area contributed by atoms with Gasteiger partial charge in [-0.3, -0.25) is 9.59 Å². The number of nitrogens with two attached hydrogens (primary N) is 1. The third-order valence-electron chi connectivity index (χ3n) is 11.4. The van der Waals surface area contributed by atoms with Gasteiger partial charge in [0.05, 0.1) is 12.2 Å². The molecule has 4 N–H and O–H groups in total. The van der Waals surface area contributed by atoms with Gasteiger partial charge in [0.2, 0.25) is 0 Å².